The number of rotatable bonds is 19. The number of nitrogens with zero attached hydrogens (tertiary/aromatic N) is 4. The van der Waals surface area contributed by atoms with Gasteiger partial charge in [0.05, 0.1) is 31.1 Å². The van der Waals surface area contributed by atoms with Crippen molar-refractivity contribution < 1.29 is 71.4 Å². The van der Waals surface area contributed by atoms with Crippen LogP contribution in [0.3, 0.4) is 0 Å². The Bertz CT molecular complexity index is 1440. The van der Waals surface area contributed by atoms with E-state index in [-0.39, 0.29) is 43.0 Å². The summed E-state index contributed by atoms with van der Waals surface area (Å²) < 4.78 is 108. The maximum Gasteiger partial charge on any atom is 0.510 e. The van der Waals surface area contributed by atoms with Gasteiger partial charge in [-0.2, -0.15) is 9.97 Å². The number of aliphatic hydroxyl groups is 1. The third kappa shape index (κ3) is 9.82. The van der Waals surface area contributed by atoms with Gasteiger partial charge in [-0.25, -0.2) is 37.0 Å². The molecule has 2 aromatic heterocycles. The molecule has 3 rings (SSSR count). The minimum absolute atomic E-state index is 0.0113. The van der Waals surface area contributed by atoms with E-state index in [4.69, 9.17) is 35.3 Å². The van der Waals surface area contributed by atoms with Crippen molar-refractivity contribution in [3.05, 3.63) is 6.33 Å². The van der Waals surface area contributed by atoms with Crippen molar-refractivity contribution in [2.75, 3.05) is 45.3 Å². The molecule has 0 amide bonds. The van der Waals surface area contributed by atoms with Crippen LogP contribution >= 0.6 is 7.82 Å². The van der Waals surface area contributed by atoms with Gasteiger partial charge in [0.2, 0.25) is 32.7 Å². The van der Waals surface area contributed by atoms with E-state index >= 15 is 8.78 Å². The first-order chi connectivity index (χ1) is 23.6. The third-order valence-electron chi connectivity index (χ3n) is 6.46. The average molecular weight is 718 g/mol. The number of carbonyl (C=O) groups is 2. The van der Waals surface area contributed by atoms with Gasteiger partial charge in [-0.05, 0) is 54.9 Å². The Morgan fingerprint density at radius 1 is 1.15 bits per heavy atom. The van der Waals surface area contributed by atoms with Crippen LogP contribution in [0.4, 0.5) is 24.3 Å². The Labute approximate surface area is 278 Å². The number of aliphatic hydroxyl groups excluding tert-OH is 1. The molecule has 4 atom stereocenters. The average Bonchev–Trinajstić information content (AvgIpc) is 3.53. The van der Waals surface area contributed by atoms with Gasteiger partial charge in [0.25, 0.3) is 0 Å². The number of carbonyl (C=O) groups excluding carboxylic acids is 2. The van der Waals surface area contributed by atoms with Crippen molar-refractivity contribution in [1.82, 2.24) is 19.5 Å². The number of alkyl halides is 2. The van der Waals surface area contributed by atoms with Crippen molar-refractivity contribution in [3.8, 4) is 5.88 Å². The molecule has 1 fully saturated rings. The van der Waals surface area contributed by atoms with Crippen LogP contribution in [-0.2, 0) is 41.8 Å². The van der Waals surface area contributed by atoms with Gasteiger partial charge in [-0.15, -0.1) is 0 Å². The molecule has 1 aliphatic rings. The highest BCUT2D eigenvalue weighted by Gasteiger charge is 2.65. The van der Waals surface area contributed by atoms with Crippen LogP contribution in [-0.4, -0.2) is 102 Å². The standard InChI is InChI=1S/C27H42F2N5O13P/c1-8-30-23-32-20-19(21(33-23)39-9-2)31-13-34(20)22-26(7,28)18(10-11-35)27(29,47-22)12-42-48(38,43-14-40-24(36)45-16(3)4)44-15-41-25(37)46-17(5)6/h13,16-18,22,35H,8-12,14-15H2,1-7H3,(H,30,32,33)/t18-,22+,26+,27+/m0/s1/i1T,35T. The summed E-state index contributed by atoms with van der Waals surface area (Å²) in [6.07, 6.45) is -4.66. The second-order valence-corrected chi connectivity index (χ2v) is 12.5. The van der Waals surface area contributed by atoms with Gasteiger partial charge in [0, 0.05) is 14.5 Å². The Kier molecular flexibility index (Phi) is 12.6. The fraction of sp³-hybridized carbons (Fsp3) is 0.741. The first-order valence-electron chi connectivity index (χ1n) is 15.9. The molecule has 0 radical (unpaired) electrons. The molecule has 0 bridgehead atoms. The molecule has 21 heteroatoms. The monoisotopic (exact) mass is 717 g/mol. The van der Waals surface area contributed by atoms with E-state index in [0.29, 0.717) is 0 Å². The summed E-state index contributed by atoms with van der Waals surface area (Å²) in [6.45, 7) is 5.31. The molecule has 272 valence electrons. The highest BCUT2D eigenvalue weighted by molar-refractivity contribution is 7.48. The summed E-state index contributed by atoms with van der Waals surface area (Å²) in [6, 6.07) is 0. The minimum atomic E-state index is -5.00. The molecule has 48 heavy (non-hydrogen) atoms. The zero-order valence-electron chi connectivity index (χ0n) is 29.3. The topological polar surface area (TPSA) is 210 Å². The first-order valence-corrected chi connectivity index (χ1v) is 16.3. The van der Waals surface area contributed by atoms with Gasteiger partial charge < -0.3 is 38.8 Å². The van der Waals surface area contributed by atoms with E-state index in [0.717, 1.165) is 17.8 Å². The third-order valence-corrected chi connectivity index (χ3v) is 7.75. The Morgan fingerprint density at radius 3 is 2.35 bits per heavy atom. The molecule has 1 aliphatic heterocycles. The quantitative estimate of drug-likeness (QED) is 0.114. The molecule has 2 N–H and O–H groups in total. The van der Waals surface area contributed by atoms with Gasteiger partial charge in [-0.1, -0.05) is 0 Å². The molecule has 0 aliphatic carbocycles. The molecular weight excluding hydrogens is 671 g/mol. The molecule has 1 saturated heterocycles. The Morgan fingerprint density at radius 2 is 1.79 bits per heavy atom. The number of hydrogen-bond donors (Lipinski definition) is 2. The fourth-order valence-electron chi connectivity index (χ4n) is 4.56. The van der Waals surface area contributed by atoms with E-state index < -0.39 is 89.2 Å². The molecular formula is C27H42F2N5O13P. The van der Waals surface area contributed by atoms with Gasteiger partial charge in [0.15, 0.2) is 23.1 Å². The molecule has 0 unspecified atom stereocenters. The highest BCUT2D eigenvalue weighted by Crippen LogP contribution is 2.57. The second-order valence-electron chi connectivity index (χ2n) is 10.8. The number of phosphoric acid groups is 1. The zero-order chi connectivity index (χ0) is 37.1. The van der Waals surface area contributed by atoms with E-state index in [1.165, 1.54) is 27.7 Å². The summed E-state index contributed by atoms with van der Waals surface area (Å²) in [4.78, 5) is 36.4. The maximum atomic E-state index is 16.9. The lowest BCUT2D eigenvalue weighted by atomic mass is 9.84. The lowest BCUT2D eigenvalue weighted by molar-refractivity contribution is -0.194. The SMILES string of the molecule is [3H]CCNc1nc(OCC)c2ncn([C@@H]3O[C@](F)(COP(=O)(OCOC(=O)OC(C)C)OCOC(=O)OC(C)C)[C@@H](CCO[3H])[C@@]3(C)F)c2n1. The van der Waals surface area contributed by atoms with Gasteiger partial charge in [-0.3, -0.25) is 9.09 Å². The zero-order valence-corrected chi connectivity index (χ0v) is 28.2. The number of ether oxygens (including phenoxy) is 6. The van der Waals surface area contributed by atoms with E-state index in [1.807, 2.05) is 0 Å². The predicted molar refractivity (Wildman–Crippen MR) is 160 cm³/mol. The normalized spacial score (nSPS) is 23.2. The number of aromatic nitrogens is 4. The lowest BCUT2D eigenvalue weighted by Crippen LogP contribution is -2.42. The van der Waals surface area contributed by atoms with E-state index in [1.54, 1.807) is 6.92 Å². The number of hydrogen-bond acceptors (Lipinski definition) is 17. The van der Waals surface area contributed by atoms with Crippen molar-refractivity contribution in [2.45, 2.75) is 84.8 Å². The molecule has 2 aromatic rings. The van der Waals surface area contributed by atoms with E-state index in [2.05, 4.69) is 34.9 Å². The molecule has 18 nitrogen and oxygen atoms in total. The number of imidazole rings is 1. The maximum absolute atomic E-state index is 16.9. The molecule has 0 saturated carbocycles. The molecule has 0 spiro atoms. The van der Waals surface area contributed by atoms with Crippen LogP contribution in [0, 0.1) is 5.92 Å². The van der Waals surface area contributed by atoms with Gasteiger partial charge in [0.1, 0.15) is 6.61 Å². The predicted octanol–water partition coefficient (Wildman–Crippen LogP) is 4.77. The van der Waals surface area contributed by atoms with Crippen LogP contribution in [0.25, 0.3) is 11.2 Å². The summed E-state index contributed by atoms with van der Waals surface area (Å²) in [5.41, 5.74) is -2.52. The van der Waals surface area contributed by atoms with Crippen LogP contribution in [0.15, 0.2) is 6.33 Å². The van der Waals surface area contributed by atoms with Gasteiger partial charge >= 0.3 is 20.1 Å². The fourth-order valence-corrected chi connectivity index (χ4v) is 5.48. The molecule has 3 heterocycles. The Hall–Kier alpha value is -3.42. The first kappa shape index (κ1) is 35.9. The largest absolute Gasteiger partial charge is 0.510 e. The summed E-state index contributed by atoms with van der Waals surface area (Å²) >= 11 is 0. The number of anilines is 1. The van der Waals surface area contributed by atoms with Crippen molar-refractivity contribution in [2.24, 2.45) is 5.92 Å². The Balaban J connectivity index is 1.92. The summed E-state index contributed by atoms with van der Waals surface area (Å²) in [7, 11) is -5.00. The number of phosphoric ester groups is 1. The van der Waals surface area contributed by atoms with Crippen LogP contribution in [0.1, 0.15) is 62.5 Å². The number of nitrogens with one attached hydrogen (secondary N) is 1. The van der Waals surface area contributed by atoms with Crippen molar-refractivity contribution in [1.29, 1.82) is 1.43 Å². The van der Waals surface area contributed by atoms with Crippen molar-refractivity contribution >= 4 is 37.2 Å². The van der Waals surface area contributed by atoms with Crippen LogP contribution < -0.4 is 10.1 Å². The smallest absolute Gasteiger partial charge is 0.476 e. The second kappa shape index (κ2) is 16.8. The summed E-state index contributed by atoms with van der Waals surface area (Å²) in [5.74, 6) is -4.81. The van der Waals surface area contributed by atoms with Crippen LogP contribution in [0.2, 0.25) is 0 Å². The number of halogens is 2. The van der Waals surface area contributed by atoms with Crippen LogP contribution in [0.5, 0.6) is 5.88 Å². The molecule has 0 aromatic carbocycles. The minimum Gasteiger partial charge on any atom is -0.476 e. The number of fused-ring (bicyclic) bond motifs is 1. The highest BCUT2D eigenvalue weighted by atomic mass is 31.2. The van der Waals surface area contributed by atoms with Crippen molar-refractivity contribution in [3.63, 3.8) is 0 Å². The van der Waals surface area contributed by atoms with E-state index in [9.17, 15) is 14.2 Å². The summed E-state index contributed by atoms with van der Waals surface area (Å²) in [5, 5.41) is 7.18. The lowest BCUT2D eigenvalue weighted by Gasteiger charge is -2.30.